The van der Waals surface area contributed by atoms with E-state index in [1.807, 2.05) is 6.92 Å². The minimum absolute atomic E-state index is 0.00773. The van der Waals surface area contributed by atoms with Gasteiger partial charge in [-0.15, -0.1) is 0 Å². The van der Waals surface area contributed by atoms with Gasteiger partial charge in [0, 0.05) is 23.5 Å². The van der Waals surface area contributed by atoms with E-state index in [2.05, 4.69) is 9.97 Å². The van der Waals surface area contributed by atoms with Crippen molar-refractivity contribution in [1.29, 1.82) is 0 Å². The van der Waals surface area contributed by atoms with E-state index in [0.29, 0.717) is 40.1 Å². The molecule has 1 aromatic heterocycles. The van der Waals surface area contributed by atoms with Gasteiger partial charge in [0.25, 0.3) is 0 Å². The molecular formula is C20H18N2O4. The van der Waals surface area contributed by atoms with Crippen molar-refractivity contribution in [2.75, 3.05) is 6.61 Å². The average Bonchev–Trinajstić information content (AvgIpc) is 2.66. The highest BCUT2D eigenvalue weighted by Gasteiger charge is 2.13. The highest BCUT2D eigenvalue weighted by atomic mass is 16.5. The quantitative estimate of drug-likeness (QED) is 0.499. The molecule has 0 N–H and O–H groups in total. The van der Waals surface area contributed by atoms with Gasteiger partial charge in [-0.05, 0) is 50.2 Å². The summed E-state index contributed by atoms with van der Waals surface area (Å²) < 4.78 is 11.0. The predicted molar refractivity (Wildman–Crippen MR) is 96.3 cm³/mol. The van der Waals surface area contributed by atoms with Crippen LogP contribution in [0.4, 0.5) is 0 Å². The molecule has 132 valence electrons. The number of hydrogen-bond donors (Lipinski definition) is 0. The number of carbonyl (C=O) groups excluding carboxylic acids is 2. The molecule has 0 bridgehead atoms. The van der Waals surface area contributed by atoms with Crippen LogP contribution in [0, 0.1) is 0 Å². The van der Waals surface area contributed by atoms with Crippen LogP contribution in [-0.4, -0.2) is 28.3 Å². The van der Waals surface area contributed by atoms with Crippen LogP contribution in [0.3, 0.4) is 0 Å². The zero-order chi connectivity index (χ0) is 18.5. The van der Waals surface area contributed by atoms with E-state index in [1.54, 1.807) is 48.8 Å². The Labute approximate surface area is 150 Å². The second kappa shape index (κ2) is 7.74. The predicted octanol–water partition coefficient (Wildman–Crippen LogP) is 3.59. The van der Waals surface area contributed by atoms with Gasteiger partial charge in [0.15, 0.2) is 5.78 Å². The Hall–Kier alpha value is -3.28. The van der Waals surface area contributed by atoms with Gasteiger partial charge in [-0.1, -0.05) is 0 Å². The number of nitrogens with zero attached hydrogens (tertiary/aromatic N) is 2. The minimum atomic E-state index is -0.478. The van der Waals surface area contributed by atoms with Crippen LogP contribution < -0.4 is 4.74 Å². The molecule has 0 aliphatic rings. The maximum Gasteiger partial charge on any atom is 0.338 e. The molecule has 6 nitrogen and oxygen atoms in total. The molecule has 0 aliphatic carbocycles. The number of ether oxygens (including phenoxy) is 2. The number of aromatic nitrogens is 2. The number of esters is 1. The summed E-state index contributed by atoms with van der Waals surface area (Å²) in [7, 11) is 0. The molecule has 3 aromatic rings. The van der Waals surface area contributed by atoms with Crippen molar-refractivity contribution in [3.63, 3.8) is 0 Å². The Morgan fingerprint density at radius 1 is 0.962 bits per heavy atom. The van der Waals surface area contributed by atoms with Gasteiger partial charge in [-0.2, -0.15) is 0 Å². The second-order valence-corrected chi connectivity index (χ2v) is 5.65. The number of ketones is 1. The van der Waals surface area contributed by atoms with E-state index in [1.165, 1.54) is 6.92 Å². The molecule has 2 aromatic carbocycles. The lowest BCUT2D eigenvalue weighted by Gasteiger charge is -2.12. The van der Waals surface area contributed by atoms with Gasteiger partial charge in [0.1, 0.15) is 12.4 Å². The van der Waals surface area contributed by atoms with E-state index in [4.69, 9.17) is 9.47 Å². The molecule has 0 atom stereocenters. The fourth-order valence-corrected chi connectivity index (χ4v) is 2.52. The summed E-state index contributed by atoms with van der Waals surface area (Å²) in [5.74, 6) is 0.0524. The van der Waals surface area contributed by atoms with E-state index in [-0.39, 0.29) is 12.4 Å². The molecule has 0 unspecified atom stereocenters. The fourth-order valence-electron chi connectivity index (χ4n) is 2.52. The lowest BCUT2D eigenvalue weighted by Crippen LogP contribution is -2.08. The first-order chi connectivity index (χ1) is 12.6. The van der Waals surface area contributed by atoms with Crippen molar-refractivity contribution in [1.82, 2.24) is 9.97 Å². The first-order valence-electron chi connectivity index (χ1n) is 8.23. The van der Waals surface area contributed by atoms with Crippen molar-refractivity contribution >= 4 is 22.8 Å². The summed E-state index contributed by atoms with van der Waals surface area (Å²) in [5, 5.41) is 0. The normalized spacial score (nSPS) is 10.5. The highest BCUT2D eigenvalue weighted by molar-refractivity contribution is 5.95. The molecule has 0 amide bonds. The van der Waals surface area contributed by atoms with Gasteiger partial charge >= 0.3 is 5.97 Å². The van der Waals surface area contributed by atoms with Crippen molar-refractivity contribution in [3.8, 4) is 5.75 Å². The van der Waals surface area contributed by atoms with Crippen molar-refractivity contribution in [2.45, 2.75) is 20.5 Å². The second-order valence-electron chi connectivity index (χ2n) is 5.65. The Morgan fingerprint density at radius 2 is 1.69 bits per heavy atom. The van der Waals surface area contributed by atoms with E-state index in [9.17, 15) is 9.59 Å². The number of fused-ring (bicyclic) bond motifs is 1. The molecule has 3 rings (SSSR count). The third-order valence-electron chi connectivity index (χ3n) is 3.83. The first kappa shape index (κ1) is 17.5. The third kappa shape index (κ3) is 3.85. The Kier molecular flexibility index (Phi) is 5.22. The van der Waals surface area contributed by atoms with Crippen LogP contribution in [0.25, 0.3) is 11.0 Å². The molecule has 26 heavy (non-hydrogen) atoms. The van der Waals surface area contributed by atoms with Gasteiger partial charge < -0.3 is 9.47 Å². The van der Waals surface area contributed by atoms with Crippen LogP contribution in [0.1, 0.15) is 40.1 Å². The van der Waals surface area contributed by atoms with Crippen LogP contribution >= 0.6 is 0 Å². The van der Waals surface area contributed by atoms with E-state index >= 15 is 0 Å². The SMILES string of the molecule is CCOc1ccc(C(C)=O)cc1COC(=O)c1ccc2nccnc2c1. The average molecular weight is 350 g/mol. The monoisotopic (exact) mass is 350 g/mol. The highest BCUT2D eigenvalue weighted by Crippen LogP contribution is 2.22. The minimum Gasteiger partial charge on any atom is -0.493 e. The summed E-state index contributed by atoms with van der Waals surface area (Å²) in [6.45, 7) is 3.84. The molecule has 0 spiro atoms. The maximum absolute atomic E-state index is 12.4. The molecule has 0 fully saturated rings. The molecular weight excluding hydrogens is 332 g/mol. The summed E-state index contributed by atoms with van der Waals surface area (Å²) >= 11 is 0. The van der Waals surface area contributed by atoms with Crippen molar-refractivity contribution in [3.05, 3.63) is 65.5 Å². The summed E-state index contributed by atoms with van der Waals surface area (Å²) in [5.41, 5.74) is 2.90. The van der Waals surface area contributed by atoms with Crippen molar-refractivity contribution < 1.29 is 19.1 Å². The summed E-state index contributed by atoms with van der Waals surface area (Å²) in [6.07, 6.45) is 3.16. The maximum atomic E-state index is 12.4. The van der Waals surface area contributed by atoms with Gasteiger partial charge in [0.05, 0.1) is 23.2 Å². The van der Waals surface area contributed by atoms with Crippen LogP contribution in [-0.2, 0) is 11.3 Å². The molecule has 0 saturated carbocycles. The summed E-state index contributed by atoms with van der Waals surface area (Å²) in [6, 6.07) is 10.1. The zero-order valence-electron chi connectivity index (χ0n) is 14.6. The fraction of sp³-hybridized carbons (Fsp3) is 0.200. The van der Waals surface area contributed by atoms with Crippen LogP contribution in [0.2, 0.25) is 0 Å². The van der Waals surface area contributed by atoms with Gasteiger partial charge in [0.2, 0.25) is 0 Å². The number of hydrogen-bond acceptors (Lipinski definition) is 6. The lowest BCUT2D eigenvalue weighted by molar-refractivity contribution is 0.0470. The van der Waals surface area contributed by atoms with Crippen LogP contribution in [0.5, 0.6) is 5.75 Å². The number of rotatable bonds is 6. The van der Waals surface area contributed by atoms with Crippen LogP contribution in [0.15, 0.2) is 48.8 Å². The molecule has 6 heteroatoms. The Bertz CT molecular complexity index is 969. The topological polar surface area (TPSA) is 78.4 Å². The molecule has 0 radical (unpaired) electrons. The van der Waals surface area contributed by atoms with Gasteiger partial charge in [-0.25, -0.2) is 4.79 Å². The third-order valence-corrected chi connectivity index (χ3v) is 3.83. The van der Waals surface area contributed by atoms with E-state index < -0.39 is 5.97 Å². The standard InChI is InChI=1S/C20H18N2O4/c1-3-25-19-7-5-14(13(2)23)10-16(19)12-26-20(24)15-4-6-17-18(11-15)22-9-8-21-17/h4-11H,3,12H2,1-2H3. The first-order valence-corrected chi connectivity index (χ1v) is 8.23. The number of benzene rings is 2. The molecule has 0 aliphatic heterocycles. The molecule has 1 heterocycles. The van der Waals surface area contributed by atoms with Gasteiger partial charge in [-0.3, -0.25) is 14.8 Å². The Balaban J connectivity index is 1.79. The zero-order valence-corrected chi connectivity index (χ0v) is 14.6. The molecule has 0 saturated heterocycles. The van der Waals surface area contributed by atoms with E-state index in [0.717, 1.165) is 0 Å². The number of Topliss-reactive ketones (excluding diaryl/α,β-unsaturated/α-hetero) is 1. The number of carbonyl (C=O) groups is 2. The Morgan fingerprint density at radius 3 is 2.42 bits per heavy atom. The summed E-state index contributed by atoms with van der Waals surface area (Å²) in [4.78, 5) is 32.3. The van der Waals surface area contributed by atoms with Crippen molar-refractivity contribution in [2.24, 2.45) is 0 Å². The largest absolute Gasteiger partial charge is 0.493 e. The lowest BCUT2D eigenvalue weighted by atomic mass is 10.1. The smallest absolute Gasteiger partial charge is 0.338 e.